The van der Waals surface area contributed by atoms with Gasteiger partial charge >= 0.3 is 0 Å². The molecule has 0 unspecified atom stereocenters. The lowest BCUT2D eigenvalue weighted by Gasteiger charge is -2.34. The molecule has 1 aliphatic rings. The Hall–Kier alpha value is -3.02. The second-order valence-corrected chi connectivity index (χ2v) is 7.65. The lowest BCUT2D eigenvalue weighted by molar-refractivity contribution is -0.120. The molecule has 1 fully saturated rings. The quantitative estimate of drug-likeness (QED) is 0.546. The molecule has 1 heterocycles. The van der Waals surface area contributed by atoms with E-state index in [1.54, 1.807) is 14.2 Å². The average Bonchev–Trinajstić information content (AvgIpc) is 2.80. The third-order valence-corrected chi connectivity index (χ3v) is 5.55. The Morgan fingerprint density at radius 1 is 1.03 bits per heavy atom. The predicted molar refractivity (Wildman–Crippen MR) is 121 cm³/mol. The van der Waals surface area contributed by atoms with Gasteiger partial charge in [0.05, 0.1) is 13.7 Å². The summed E-state index contributed by atoms with van der Waals surface area (Å²) in [7, 11) is 3.41. The van der Waals surface area contributed by atoms with Crippen molar-refractivity contribution in [3.63, 3.8) is 0 Å². The second-order valence-electron chi connectivity index (χ2n) is 7.65. The third-order valence-electron chi connectivity index (χ3n) is 5.55. The number of ether oxygens (including phenoxy) is 1. The minimum atomic E-state index is -0.0501. The Bertz CT molecular complexity index is 813. The van der Waals surface area contributed by atoms with Crippen LogP contribution in [0.2, 0.25) is 0 Å². The molecule has 6 nitrogen and oxygen atoms in total. The van der Waals surface area contributed by atoms with Crippen LogP contribution in [0.4, 0.5) is 0 Å². The molecular formula is C24H32N4O2. The van der Waals surface area contributed by atoms with Crippen molar-refractivity contribution in [3.05, 3.63) is 65.7 Å². The highest BCUT2D eigenvalue weighted by atomic mass is 16.5. The van der Waals surface area contributed by atoms with Crippen molar-refractivity contribution in [2.45, 2.75) is 25.8 Å². The minimum Gasteiger partial charge on any atom is -0.497 e. The number of nitrogens with zero attached hydrogens (tertiary/aromatic N) is 2. The van der Waals surface area contributed by atoms with Gasteiger partial charge in [-0.3, -0.25) is 9.79 Å². The molecule has 160 valence electrons. The number of amides is 1. The maximum Gasteiger partial charge on any atom is 0.239 e. The molecule has 0 atom stereocenters. The zero-order chi connectivity index (χ0) is 21.2. The van der Waals surface area contributed by atoms with Crippen molar-refractivity contribution in [2.24, 2.45) is 10.9 Å². The summed E-state index contributed by atoms with van der Waals surface area (Å²) in [5, 5.41) is 6.14. The van der Waals surface area contributed by atoms with Crippen molar-refractivity contribution < 1.29 is 9.53 Å². The molecular weight excluding hydrogens is 376 g/mol. The van der Waals surface area contributed by atoms with E-state index in [0.29, 0.717) is 12.5 Å². The normalized spacial score (nSPS) is 15.0. The van der Waals surface area contributed by atoms with E-state index in [9.17, 15) is 4.79 Å². The zero-order valence-corrected chi connectivity index (χ0v) is 17.9. The van der Waals surface area contributed by atoms with Gasteiger partial charge in [0.2, 0.25) is 5.91 Å². The average molecular weight is 409 g/mol. The van der Waals surface area contributed by atoms with E-state index in [4.69, 9.17) is 4.74 Å². The highest BCUT2D eigenvalue weighted by Crippen LogP contribution is 2.21. The highest BCUT2D eigenvalue weighted by Gasteiger charge is 2.21. The first-order chi connectivity index (χ1) is 14.7. The summed E-state index contributed by atoms with van der Waals surface area (Å²) in [5.74, 6) is 2.26. The van der Waals surface area contributed by atoms with Crippen LogP contribution in [0.5, 0.6) is 5.75 Å². The van der Waals surface area contributed by atoms with E-state index < -0.39 is 0 Å². The number of likely N-dealkylation sites (tertiary alicyclic amines) is 1. The van der Waals surface area contributed by atoms with Gasteiger partial charge in [-0.15, -0.1) is 0 Å². The minimum absolute atomic E-state index is 0.0501. The van der Waals surface area contributed by atoms with Crippen LogP contribution in [-0.4, -0.2) is 50.6 Å². The van der Waals surface area contributed by atoms with Gasteiger partial charge in [0.1, 0.15) is 5.75 Å². The van der Waals surface area contributed by atoms with Gasteiger partial charge in [0.15, 0.2) is 5.96 Å². The number of rotatable bonds is 7. The van der Waals surface area contributed by atoms with E-state index in [0.717, 1.165) is 49.6 Å². The van der Waals surface area contributed by atoms with Crippen molar-refractivity contribution in [1.29, 1.82) is 0 Å². The Morgan fingerprint density at radius 2 is 1.73 bits per heavy atom. The van der Waals surface area contributed by atoms with Gasteiger partial charge in [-0.2, -0.15) is 0 Å². The summed E-state index contributed by atoms with van der Waals surface area (Å²) in [6.07, 6.45) is 3.41. The van der Waals surface area contributed by atoms with Crippen molar-refractivity contribution in [2.75, 3.05) is 33.8 Å². The van der Waals surface area contributed by atoms with Crippen LogP contribution in [-0.2, 0) is 17.8 Å². The molecule has 2 aromatic rings. The third kappa shape index (κ3) is 6.51. The highest BCUT2D eigenvalue weighted by molar-refractivity contribution is 5.86. The van der Waals surface area contributed by atoms with Crippen LogP contribution in [0.15, 0.2) is 59.6 Å². The fraction of sp³-hybridized carbons (Fsp3) is 0.417. The van der Waals surface area contributed by atoms with Gasteiger partial charge in [-0.1, -0.05) is 42.5 Å². The van der Waals surface area contributed by atoms with Crippen LogP contribution in [0.3, 0.4) is 0 Å². The zero-order valence-electron chi connectivity index (χ0n) is 17.9. The smallest absolute Gasteiger partial charge is 0.239 e. The first kappa shape index (κ1) is 21.7. The topological polar surface area (TPSA) is 66.0 Å². The van der Waals surface area contributed by atoms with E-state index >= 15 is 0 Å². The number of carbonyl (C=O) groups excluding carboxylic acids is 1. The van der Waals surface area contributed by atoms with Gasteiger partial charge in [-0.05, 0) is 48.4 Å². The number of carbonyl (C=O) groups is 1. The van der Waals surface area contributed by atoms with Crippen LogP contribution in [0, 0.1) is 5.92 Å². The first-order valence-electron chi connectivity index (χ1n) is 10.6. The van der Waals surface area contributed by atoms with Crippen LogP contribution in [0.1, 0.15) is 24.0 Å². The Morgan fingerprint density at radius 3 is 2.37 bits per heavy atom. The van der Waals surface area contributed by atoms with Crippen LogP contribution < -0.4 is 15.4 Å². The molecule has 6 heteroatoms. The SMILES string of the molecule is CN=C(NCC(=O)NCc1ccc(OC)cc1)N1CCC(Cc2ccccc2)CC1. The summed E-state index contributed by atoms with van der Waals surface area (Å²) >= 11 is 0. The van der Waals surface area contributed by atoms with E-state index in [1.807, 2.05) is 24.3 Å². The molecule has 2 N–H and O–H groups in total. The monoisotopic (exact) mass is 408 g/mol. The summed E-state index contributed by atoms with van der Waals surface area (Å²) in [6.45, 7) is 2.63. The number of benzene rings is 2. The number of nitrogens with one attached hydrogen (secondary N) is 2. The van der Waals surface area contributed by atoms with E-state index in [2.05, 4.69) is 50.9 Å². The largest absolute Gasteiger partial charge is 0.497 e. The number of hydrogen-bond donors (Lipinski definition) is 2. The van der Waals surface area contributed by atoms with Crippen molar-refractivity contribution in [3.8, 4) is 5.75 Å². The van der Waals surface area contributed by atoms with Gasteiger partial charge in [0.25, 0.3) is 0 Å². The number of piperidine rings is 1. The predicted octanol–water partition coefficient (Wildman–Crippen LogP) is 2.84. The molecule has 0 spiro atoms. The fourth-order valence-corrected chi connectivity index (χ4v) is 3.79. The second kappa shape index (κ2) is 11.2. The summed E-state index contributed by atoms with van der Waals surface area (Å²) in [4.78, 5) is 18.8. The molecule has 0 aromatic heterocycles. The van der Waals surface area contributed by atoms with Crippen LogP contribution in [0.25, 0.3) is 0 Å². The Labute approximate surface area is 179 Å². The summed E-state index contributed by atoms with van der Waals surface area (Å²) < 4.78 is 5.15. The van der Waals surface area contributed by atoms with Gasteiger partial charge in [-0.25, -0.2) is 0 Å². The molecule has 0 radical (unpaired) electrons. The standard InChI is InChI=1S/C24H32N4O2/c1-25-24(27-18-23(29)26-17-21-8-10-22(30-2)11-9-21)28-14-12-20(13-15-28)16-19-6-4-3-5-7-19/h3-11,20H,12-18H2,1-2H3,(H,25,27)(H,26,29). The summed E-state index contributed by atoms with van der Waals surface area (Å²) in [5.41, 5.74) is 2.45. The lowest BCUT2D eigenvalue weighted by Crippen LogP contribution is -2.48. The Balaban J connectivity index is 1.38. The number of methoxy groups -OCH3 is 1. The maximum absolute atomic E-state index is 12.2. The lowest BCUT2D eigenvalue weighted by atomic mass is 9.90. The van der Waals surface area contributed by atoms with Crippen molar-refractivity contribution >= 4 is 11.9 Å². The molecule has 3 rings (SSSR count). The molecule has 0 aliphatic carbocycles. The van der Waals surface area contributed by atoms with Crippen LogP contribution >= 0.6 is 0 Å². The number of aliphatic imine (C=N–C) groups is 1. The van der Waals surface area contributed by atoms with E-state index in [-0.39, 0.29) is 12.5 Å². The maximum atomic E-state index is 12.2. The van der Waals surface area contributed by atoms with Crippen molar-refractivity contribution in [1.82, 2.24) is 15.5 Å². The molecule has 1 saturated heterocycles. The molecule has 0 saturated carbocycles. The number of hydrogen-bond acceptors (Lipinski definition) is 3. The summed E-state index contributed by atoms with van der Waals surface area (Å²) in [6, 6.07) is 18.4. The van der Waals surface area contributed by atoms with Gasteiger partial charge < -0.3 is 20.3 Å². The Kier molecular flexibility index (Phi) is 8.12. The fourth-order valence-electron chi connectivity index (χ4n) is 3.79. The molecule has 1 aliphatic heterocycles. The molecule has 2 aromatic carbocycles. The number of guanidine groups is 1. The van der Waals surface area contributed by atoms with Gasteiger partial charge in [0, 0.05) is 26.7 Å². The molecule has 30 heavy (non-hydrogen) atoms. The first-order valence-corrected chi connectivity index (χ1v) is 10.6. The molecule has 0 bridgehead atoms. The van der Waals surface area contributed by atoms with E-state index in [1.165, 1.54) is 5.56 Å². The molecule has 1 amide bonds.